The van der Waals surface area contributed by atoms with Crippen LogP contribution in [0.1, 0.15) is 27.0 Å². The molecule has 0 fully saturated rings. The van der Waals surface area contributed by atoms with Gasteiger partial charge in [0.1, 0.15) is 0 Å². The lowest BCUT2D eigenvalue weighted by Crippen LogP contribution is -2.44. The van der Waals surface area contributed by atoms with E-state index in [1.165, 1.54) is 19.2 Å². The van der Waals surface area contributed by atoms with Gasteiger partial charge in [0.05, 0.1) is 17.6 Å². The first kappa shape index (κ1) is 28.4. The van der Waals surface area contributed by atoms with Crippen molar-refractivity contribution in [3.63, 3.8) is 0 Å². The molecule has 0 amide bonds. The first-order chi connectivity index (χ1) is 18.8. The fourth-order valence-electron chi connectivity index (χ4n) is 4.31. The Balaban J connectivity index is 1.61. The van der Waals surface area contributed by atoms with Gasteiger partial charge in [-0.3, -0.25) is 9.88 Å². The van der Waals surface area contributed by atoms with Crippen LogP contribution in [-0.2, 0) is 34.3 Å². The summed E-state index contributed by atoms with van der Waals surface area (Å²) in [4.78, 5) is 18.4. The van der Waals surface area contributed by atoms with Crippen LogP contribution < -0.4 is 4.72 Å². The van der Waals surface area contributed by atoms with Crippen molar-refractivity contribution < 1.29 is 17.9 Å². The topological polar surface area (TPSA) is 88.6 Å². The van der Waals surface area contributed by atoms with Crippen LogP contribution in [0.4, 0.5) is 0 Å². The number of nitrogens with one attached hydrogen (secondary N) is 1. The normalized spacial score (nSPS) is 12.3. The number of benzene rings is 3. The Kier molecular flexibility index (Phi) is 9.84. The fraction of sp³-hybridized carbons (Fsp3) is 0.200. The molecule has 1 atom stereocenters. The zero-order chi connectivity index (χ0) is 27.7. The molecule has 0 spiro atoms. The molecular formula is C30H30ClN3O4S. The quantitative estimate of drug-likeness (QED) is 0.241. The molecule has 9 heteroatoms. The van der Waals surface area contributed by atoms with Crippen molar-refractivity contribution in [2.24, 2.45) is 0 Å². The Hall–Kier alpha value is -3.56. The van der Waals surface area contributed by atoms with Crippen molar-refractivity contribution in [3.8, 4) is 0 Å². The van der Waals surface area contributed by atoms with Crippen molar-refractivity contribution in [1.82, 2.24) is 14.6 Å². The predicted octanol–water partition coefficient (Wildman–Crippen LogP) is 5.11. The largest absolute Gasteiger partial charge is 0.465 e. The predicted molar refractivity (Wildman–Crippen MR) is 152 cm³/mol. The molecule has 1 N–H and O–H groups in total. The van der Waals surface area contributed by atoms with E-state index in [1.54, 1.807) is 36.7 Å². The van der Waals surface area contributed by atoms with Crippen molar-refractivity contribution in [1.29, 1.82) is 0 Å². The second kappa shape index (κ2) is 13.5. The number of carbonyl (C=O) groups is 1. The number of pyridine rings is 1. The summed E-state index contributed by atoms with van der Waals surface area (Å²) >= 11 is 5.98. The summed E-state index contributed by atoms with van der Waals surface area (Å²) in [6.07, 6.45) is 4.02. The number of esters is 1. The number of methoxy groups -OCH3 is 1. The minimum Gasteiger partial charge on any atom is -0.465 e. The maximum Gasteiger partial charge on any atom is 0.337 e. The van der Waals surface area contributed by atoms with E-state index in [2.05, 4.69) is 14.6 Å². The molecule has 39 heavy (non-hydrogen) atoms. The molecule has 0 bridgehead atoms. The van der Waals surface area contributed by atoms with E-state index in [0.717, 1.165) is 16.7 Å². The zero-order valence-electron chi connectivity index (χ0n) is 21.5. The number of sulfonamides is 1. The highest BCUT2D eigenvalue weighted by atomic mass is 35.5. The summed E-state index contributed by atoms with van der Waals surface area (Å²) in [5.41, 5.74) is 3.47. The van der Waals surface area contributed by atoms with Gasteiger partial charge in [-0.05, 0) is 65.6 Å². The SMILES string of the molecule is COC(=O)c1ccc(CN(Cc2cccnc2)CC(Cc2ccccc2)NS(=O)(=O)c2ccc(Cl)cc2)cc1. The third-order valence-electron chi connectivity index (χ3n) is 6.16. The van der Waals surface area contributed by atoms with Crippen molar-refractivity contribution >= 4 is 27.6 Å². The van der Waals surface area contributed by atoms with E-state index in [-0.39, 0.29) is 4.90 Å². The molecule has 4 aromatic rings. The third-order valence-corrected chi connectivity index (χ3v) is 7.95. The number of aromatic nitrogens is 1. The maximum absolute atomic E-state index is 13.3. The lowest BCUT2D eigenvalue weighted by atomic mass is 10.1. The van der Waals surface area contributed by atoms with Crippen LogP contribution >= 0.6 is 11.6 Å². The summed E-state index contributed by atoms with van der Waals surface area (Å²) < 4.78 is 34.4. The van der Waals surface area contributed by atoms with E-state index in [9.17, 15) is 13.2 Å². The molecule has 1 aromatic heterocycles. The van der Waals surface area contributed by atoms with Crippen molar-refractivity contribution in [3.05, 3.63) is 131 Å². The van der Waals surface area contributed by atoms with Gasteiger partial charge in [-0.2, -0.15) is 0 Å². The standard InChI is InChI=1S/C30H30ClN3O4S/c1-38-30(35)26-11-9-24(10-12-26)20-34(21-25-8-5-17-32-19-25)22-28(18-23-6-3-2-4-7-23)33-39(36,37)29-15-13-27(31)14-16-29/h2-17,19,28,33H,18,20-22H2,1H3. The second-order valence-corrected chi connectivity index (χ2v) is 11.3. The Morgan fingerprint density at radius 1 is 0.897 bits per heavy atom. The molecule has 0 aliphatic carbocycles. The van der Waals surface area contributed by atoms with Crippen molar-refractivity contribution in [2.75, 3.05) is 13.7 Å². The molecule has 202 valence electrons. The third kappa shape index (κ3) is 8.46. The first-order valence-electron chi connectivity index (χ1n) is 12.4. The van der Waals surface area contributed by atoms with Gasteiger partial charge in [-0.25, -0.2) is 17.9 Å². The summed E-state index contributed by atoms with van der Waals surface area (Å²) in [5, 5.41) is 0.468. The van der Waals surface area contributed by atoms with Crippen LogP contribution in [0.3, 0.4) is 0 Å². The average molecular weight is 564 g/mol. The monoisotopic (exact) mass is 563 g/mol. The van der Waals surface area contributed by atoms with E-state index in [0.29, 0.717) is 36.6 Å². The molecule has 3 aromatic carbocycles. The van der Waals surface area contributed by atoms with Crippen LogP contribution in [0.25, 0.3) is 0 Å². The minimum absolute atomic E-state index is 0.155. The molecule has 0 aliphatic heterocycles. The van der Waals surface area contributed by atoms with E-state index >= 15 is 0 Å². The van der Waals surface area contributed by atoms with Crippen LogP contribution in [0.5, 0.6) is 0 Å². The molecule has 1 heterocycles. The molecular weight excluding hydrogens is 534 g/mol. The van der Waals surface area contributed by atoms with Crippen LogP contribution in [0, 0.1) is 0 Å². The Morgan fingerprint density at radius 2 is 1.56 bits per heavy atom. The summed E-state index contributed by atoms with van der Waals surface area (Å²) in [7, 11) is -2.45. The molecule has 0 saturated heterocycles. The first-order valence-corrected chi connectivity index (χ1v) is 14.3. The van der Waals surface area contributed by atoms with E-state index in [1.807, 2.05) is 54.6 Å². The lowest BCUT2D eigenvalue weighted by Gasteiger charge is -2.28. The number of halogens is 1. The number of carbonyl (C=O) groups excluding carboxylic acids is 1. The molecule has 0 aliphatic rings. The Labute approximate surface area is 234 Å². The Morgan fingerprint density at radius 3 is 2.21 bits per heavy atom. The van der Waals surface area contributed by atoms with Crippen LogP contribution in [0.2, 0.25) is 5.02 Å². The lowest BCUT2D eigenvalue weighted by molar-refractivity contribution is 0.0600. The highest BCUT2D eigenvalue weighted by Gasteiger charge is 2.23. The number of hydrogen-bond donors (Lipinski definition) is 1. The molecule has 7 nitrogen and oxygen atoms in total. The summed E-state index contributed by atoms with van der Waals surface area (Å²) in [6, 6.07) is 26.6. The fourth-order valence-corrected chi connectivity index (χ4v) is 5.67. The number of rotatable bonds is 12. The number of hydrogen-bond acceptors (Lipinski definition) is 6. The molecule has 1 unspecified atom stereocenters. The number of nitrogens with zero attached hydrogens (tertiary/aromatic N) is 2. The van der Waals surface area contributed by atoms with Gasteiger partial charge in [0.15, 0.2) is 0 Å². The number of ether oxygens (including phenoxy) is 1. The zero-order valence-corrected chi connectivity index (χ0v) is 23.1. The highest BCUT2D eigenvalue weighted by molar-refractivity contribution is 7.89. The van der Waals surface area contributed by atoms with Gasteiger partial charge in [0.25, 0.3) is 0 Å². The van der Waals surface area contributed by atoms with Gasteiger partial charge in [-0.15, -0.1) is 0 Å². The Bertz CT molecular complexity index is 1450. The molecule has 0 saturated carbocycles. The van der Waals surface area contributed by atoms with E-state index < -0.39 is 22.0 Å². The van der Waals surface area contributed by atoms with Crippen LogP contribution in [0.15, 0.2) is 108 Å². The summed E-state index contributed by atoms with van der Waals surface area (Å²) in [5.74, 6) is -0.395. The van der Waals surface area contributed by atoms with Crippen molar-refractivity contribution in [2.45, 2.75) is 30.4 Å². The van der Waals surface area contributed by atoms with E-state index in [4.69, 9.17) is 16.3 Å². The summed E-state index contributed by atoms with van der Waals surface area (Å²) in [6.45, 7) is 1.51. The van der Waals surface area contributed by atoms with Gasteiger partial charge in [-0.1, -0.05) is 60.1 Å². The van der Waals surface area contributed by atoms with Gasteiger partial charge in [0, 0.05) is 43.1 Å². The van der Waals surface area contributed by atoms with Gasteiger partial charge in [0.2, 0.25) is 10.0 Å². The average Bonchev–Trinajstić information content (AvgIpc) is 2.94. The minimum atomic E-state index is -3.80. The second-order valence-electron chi connectivity index (χ2n) is 9.18. The van der Waals surface area contributed by atoms with Gasteiger partial charge >= 0.3 is 5.97 Å². The highest BCUT2D eigenvalue weighted by Crippen LogP contribution is 2.18. The smallest absolute Gasteiger partial charge is 0.337 e. The molecule has 4 rings (SSSR count). The maximum atomic E-state index is 13.3. The molecule has 0 radical (unpaired) electrons. The van der Waals surface area contributed by atoms with Crippen LogP contribution in [-0.4, -0.2) is 44.0 Å². The van der Waals surface area contributed by atoms with Gasteiger partial charge < -0.3 is 4.74 Å².